The maximum atomic E-state index is 8.41. The lowest BCUT2D eigenvalue weighted by Crippen LogP contribution is -2.01. The van der Waals surface area contributed by atoms with Crippen LogP contribution in [-0.2, 0) is 0 Å². The Morgan fingerprint density at radius 3 is 2.53 bits per heavy atom. The Kier molecular flexibility index (Phi) is 3.68. The van der Waals surface area contributed by atoms with E-state index in [1.54, 1.807) is 17.6 Å². The van der Waals surface area contributed by atoms with Gasteiger partial charge < -0.3 is 4.57 Å². The van der Waals surface area contributed by atoms with Crippen LogP contribution in [0.4, 0.5) is 5.69 Å². The fourth-order valence-corrected chi connectivity index (χ4v) is 1.88. The lowest BCUT2D eigenvalue weighted by molar-refractivity contribution is 0.240. The van der Waals surface area contributed by atoms with E-state index in [2.05, 4.69) is 4.99 Å². The van der Waals surface area contributed by atoms with E-state index in [1.165, 1.54) is 0 Å². The standard InChI is InChI=1S/C11H9Cl2N3O/c12-8-6-11(16-3-1-2-4-16)9(13)5-10(8)14-7-15-17/h1-7,17H,(H,14,15). The number of rotatable bonds is 3. The zero-order valence-electron chi connectivity index (χ0n) is 8.64. The van der Waals surface area contributed by atoms with Crippen LogP contribution in [0.1, 0.15) is 0 Å². The third-order valence-electron chi connectivity index (χ3n) is 2.16. The zero-order chi connectivity index (χ0) is 12.3. The molecule has 4 nitrogen and oxygen atoms in total. The average Bonchev–Trinajstić information content (AvgIpc) is 2.83. The topological polar surface area (TPSA) is 49.5 Å². The molecular formula is C11H9Cl2N3O. The minimum atomic E-state index is 0.449. The van der Waals surface area contributed by atoms with Gasteiger partial charge in [-0.3, -0.25) is 10.7 Å². The molecule has 1 heterocycles. The molecule has 2 aromatic rings. The third-order valence-corrected chi connectivity index (χ3v) is 2.77. The Hall–Kier alpha value is -1.49. The molecule has 0 spiro atoms. The summed E-state index contributed by atoms with van der Waals surface area (Å²) in [5.74, 6) is 0. The maximum Gasteiger partial charge on any atom is 0.113 e. The largest absolute Gasteiger partial charge is 0.322 e. The first-order chi connectivity index (χ1) is 8.22. The van der Waals surface area contributed by atoms with Crippen LogP contribution in [0.5, 0.6) is 0 Å². The second kappa shape index (κ2) is 5.23. The summed E-state index contributed by atoms with van der Waals surface area (Å²) in [6.45, 7) is 0. The molecule has 0 amide bonds. The van der Waals surface area contributed by atoms with E-state index in [-0.39, 0.29) is 0 Å². The Morgan fingerprint density at radius 2 is 1.88 bits per heavy atom. The predicted molar refractivity (Wildman–Crippen MR) is 68.9 cm³/mol. The van der Waals surface area contributed by atoms with E-state index in [1.807, 2.05) is 29.1 Å². The van der Waals surface area contributed by atoms with Crippen molar-refractivity contribution >= 4 is 35.2 Å². The number of nitrogens with one attached hydrogen (secondary N) is 1. The van der Waals surface area contributed by atoms with Crippen LogP contribution in [0.3, 0.4) is 0 Å². The van der Waals surface area contributed by atoms with Crippen molar-refractivity contribution in [2.45, 2.75) is 0 Å². The van der Waals surface area contributed by atoms with Crippen molar-refractivity contribution in [2.24, 2.45) is 4.99 Å². The van der Waals surface area contributed by atoms with Crippen molar-refractivity contribution in [3.63, 3.8) is 0 Å². The molecule has 0 radical (unpaired) electrons. The van der Waals surface area contributed by atoms with Crippen LogP contribution in [-0.4, -0.2) is 16.1 Å². The molecule has 0 saturated carbocycles. The molecule has 2 rings (SSSR count). The molecule has 1 aromatic heterocycles. The van der Waals surface area contributed by atoms with Gasteiger partial charge in [-0.25, -0.2) is 4.99 Å². The fourth-order valence-electron chi connectivity index (χ4n) is 1.42. The molecule has 0 saturated heterocycles. The second-order valence-electron chi connectivity index (χ2n) is 3.23. The molecule has 0 fully saturated rings. The van der Waals surface area contributed by atoms with Gasteiger partial charge in [-0.1, -0.05) is 23.2 Å². The van der Waals surface area contributed by atoms with E-state index < -0.39 is 0 Å². The summed E-state index contributed by atoms with van der Waals surface area (Å²) in [5, 5.41) is 9.39. The van der Waals surface area contributed by atoms with E-state index in [0.29, 0.717) is 15.7 Å². The summed E-state index contributed by atoms with van der Waals surface area (Å²) >= 11 is 12.2. The highest BCUT2D eigenvalue weighted by Gasteiger charge is 2.07. The van der Waals surface area contributed by atoms with E-state index in [4.69, 9.17) is 28.4 Å². The summed E-state index contributed by atoms with van der Waals surface area (Å²) in [7, 11) is 0. The van der Waals surface area contributed by atoms with Crippen LogP contribution in [0.2, 0.25) is 10.0 Å². The van der Waals surface area contributed by atoms with Crippen LogP contribution in [0.25, 0.3) is 5.69 Å². The molecular weight excluding hydrogens is 261 g/mol. The average molecular weight is 270 g/mol. The quantitative estimate of drug-likeness (QED) is 0.510. The number of benzene rings is 1. The molecule has 1 aromatic carbocycles. The molecule has 0 aliphatic rings. The molecule has 0 atom stereocenters. The highest BCUT2D eigenvalue weighted by molar-refractivity contribution is 6.36. The van der Waals surface area contributed by atoms with Crippen LogP contribution in [0.15, 0.2) is 41.7 Å². The third kappa shape index (κ3) is 2.61. The van der Waals surface area contributed by atoms with Gasteiger partial charge in [-0.2, -0.15) is 0 Å². The smallest absolute Gasteiger partial charge is 0.113 e. The minimum Gasteiger partial charge on any atom is -0.322 e. The van der Waals surface area contributed by atoms with Crippen molar-refractivity contribution in [1.29, 1.82) is 0 Å². The van der Waals surface area contributed by atoms with Crippen molar-refractivity contribution in [1.82, 2.24) is 10.0 Å². The molecule has 0 bridgehead atoms. The van der Waals surface area contributed by atoms with Gasteiger partial charge in [-0.05, 0) is 24.3 Å². The van der Waals surface area contributed by atoms with Crippen molar-refractivity contribution in [2.75, 3.05) is 0 Å². The Balaban J connectivity index is 2.45. The Labute approximate surface area is 108 Å². The summed E-state index contributed by atoms with van der Waals surface area (Å²) in [6, 6.07) is 7.14. The number of aliphatic imine (C=N–C) groups is 1. The molecule has 0 aliphatic heterocycles. The van der Waals surface area contributed by atoms with Gasteiger partial charge in [0.05, 0.1) is 21.4 Å². The van der Waals surface area contributed by atoms with Gasteiger partial charge in [0.15, 0.2) is 0 Å². The van der Waals surface area contributed by atoms with Crippen LogP contribution < -0.4 is 5.48 Å². The molecule has 0 unspecified atom stereocenters. The number of hydrogen-bond acceptors (Lipinski definition) is 2. The lowest BCUT2D eigenvalue weighted by Gasteiger charge is -2.08. The highest BCUT2D eigenvalue weighted by atomic mass is 35.5. The van der Waals surface area contributed by atoms with Gasteiger partial charge in [0.25, 0.3) is 0 Å². The number of nitrogens with zero attached hydrogens (tertiary/aromatic N) is 2. The molecule has 2 N–H and O–H groups in total. The summed E-state index contributed by atoms with van der Waals surface area (Å²) in [5.41, 5.74) is 3.06. The van der Waals surface area contributed by atoms with E-state index in [0.717, 1.165) is 12.0 Å². The van der Waals surface area contributed by atoms with Gasteiger partial charge in [0.2, 0.25) is 0 Å². The minimum absolute atomic E-state index is 0.449. The highest BCUT2D eigenvalue weighted by Crippen LogP contribution is 2.33. The summed E-state index contributed by atoms with van der Waals surface area (Å²) in [4.78, 5) is 3.90. The Bertz CT molecular complexity index is 538. The monoisotopic (exact) mass is 269 g/mol. The molecule has 6 heteroatoms. The van der Waals surface area contributed by atoms with Gasteiger partial charge in [0.1, 0.15) is 6.34 Å². The van der Waals surface area contributed by atoms with Crippen LogP contribution in [0, 0.1) is 0 Å². The fraction of sp³-hybridized carbons (Fsp3) is 0. The summed E-state index contributed by atoms with van der Waals surface area (Å²) < 4.78 is 1.85. The van der Waals surface area contributed by atoms with Gasteiger partial charge in [0, 0.05) is 12.4 Å². The van der Waals surface area contributed by atoms with Crippen molar-refractivity contribution < 1.29 is 5.21 Å². The Morgan fingerprint density at radius 1 is 1.18 bits per heavy atom. The molecule has 0 aliphatic carbocycles. The predicted octanol–water partition coefficient (Wildman–Crippen LogP) is 3.42. The molecule has 88 valence electrons. The van der Waals surface area contributed by atoms with Crippen molar-refractivity contribution in [3.8, 4) is 5.69 Å². The first kappa shape index (κ1) is 12.0. The van der Waals surface area contributed by atoms with Gasteiger partial charge in [-0.15, -0.1) is 0 Å². The summed E-state index contributed by atoms with van der Waals surface area (Å²) in [6.07, 6.45) is 4.86. The van der Waals surface area contributed by atoms with Gasteiger partial charge >= 0.3 is 0 Å². The normalized spacial score (nSPS) is 11.0. The number of hydroxylamine groups is 1. The van der Waals surface area contributed by atoms with E-state index in [9.17, 15) is 0 Å². The van der Waals surface area contributed by atoms with Crippen molar-refractivity contribution in [3.05, 3.63) is 46.7 Å². The van der Waals surface area contributed by atoms with Crippen LogP contribution >= 0.6 is 23.2 Å². The number of aromatic nitrogens is 1. The SMILES string of the molecule is ONC=Nc1cc(Cl)c(-n2cccc2)cc1Cl. The lowest BCUT2D eigenvalue weighted by atomic mass is 10.3. The van der Waals surface area contributed by atoms with E-state index >= 15 is 0 Å². The first-order valence-corrected chi connectivity index (χ1v) is 5.52. The number of halogens is 2. The maximum absolute atomic E-state index is 8.41. The molecule has 17 heavy (non-hydrogen) atoms. The zero-order valence-corrected chi connectivity index (χ0v) is 10.2. The number of hydrogen-bond donors (Lipinski definition) is 2. The second-order valence-corrected chi connectivity index (χ2v) is 4.05. The first-order valence-electron chi connectivity index (χ1n) is 4.77.